The molecule has 2 atom stereocenters. The van der Waals surface area contributed by atoms with E-state index in [4.69, 9.17) is 15.9 Å². The molecule has 0 amide bonds. The van der Waals surface area contributed by atoms with Crippen LogP contribution in [0.5, 0.6) is 0 Å². The van der Waals surface area contributed by atoms with Gasteiger partial charge in [-0.3, -0.25) is 9.59 Å². The molecule has 0 saturated heterocycles. The molecule has 0 aliphatic rings. The number of hydrogen-bond acceptors (Lipinski definition) is 4. The van der Waals surface area contributed by atoms with Crippen molar-refractivity contribution in [3.8, 4) is 12.3 Å². The standard InChI is InChI=1S/C15H24O4/c1-6-12(4)18-14(16)8-7-9-15(17)19-13(5)10-11(2)3/h1,11-13H,7-10H2,2-5H3. The van der Waals surface area contributed by atoms with Gasteiger partial charge in [-0.25, -0.2) is 0 Å². The first kappa shape index (κ1) is 17.5. The predicted molar refractivity (Wildman–Crippen MR) is 73.2 cm³/mol. The highest BCUT2D eigenvalue weighted by Gasteiger charge is 2.12. The van der Waals surface area contributed by atoms with Crippen molar-refractivity contribution in [3.05, 3.63) is 0 Å². The molecule has 0 heterocycles. The molecule has 0 fully saturated rings. The van der Waals surface area contributed by atoms with Gasteiger partial charge in [0.1, 0.15) is 0 Å². The number of carbonyl (C=O) groups is 2. The van der Waals surface area contributed by atoms with Crippen molar-refractivity contribution in [1.29, 1.82) is 0 Å². The van der Waals surface area contributed by atoms with E-state index in [1.54, 1.807) is 6.92 Å². The molecule has 2 unspecified atom stereocenters. The van der Waals surface area contributed by atoms with Gasteiger partial charge in [0.15, 0.2) is 6.10 Å². The molecule has 0 aromatic heterocycles. The van der Waals surface area contributed by atoms with Crippen molar-refractivity contribution in [2.75, 3.05) is 0 Å². The third-order valence-corrected chi connectivity index (χ3v) is 2.44. The third kappa shape index (κ3) is 10.1. The topological polar surface area (TPSA) is 52.6 Å². The minimum absolute atomic E-state index is 0.0825. The summed E-state index contributed by atoms with van der Waals surface area (Å²) in [6, 6.07) is 0. The van der Waals surface area contributed by atoms with Gasteiger partial charge in [-0.15, -0.1) is 6.42 Å². The van der Waals surface area contributed by atoms with Gasteiger partial charge in [0.05, 0.1) is 6.10 Å². The van der Waals surface area contributed by atoms with Crippen LogP contribution in [0.2, 0.25) is 0 Å². The molecule has 4 heteroatoms. The number of carbonyl (C=O) groups excluding carboxylic acids is 2. The number of ether oxygens (including phenoxy) is 2. The minimum atomic E-state index is -0.523. The molecule has 108 valence electrons. The SMILES string of the molecule is C#CC(C)OC(=O)CCCC(=O)OC(C)CC(C)C. The van der Waals surface area contributed by atoms with E-state index in [2.05, 4.69) is 19.8 Å². The molecule has 0 spiro atoms. The summed E-state index contributed by atoms with van der Waals surface area (Å²) in [6.07, 6.45) is 6.15. The molecule has 19 heavy (non-hydrogen) atoms. The molecule has 0 aliphatic heterocycles. The van der Waals surface area contributed by atoms with Gasteiger partial charge >= 0.3 is 11.9 Å². The largest absolute Gasteiger partial charge is 0.463 e. The lowest BCUT2D eigenvalue weighted by Crippen LogP contribution is -2.17. The molecule has 0 radical (unpaired) electrons. The lowest BCUT2D eigenvalue weighted by atomic mass is 10.1. The van der Waals surface area contributed by atoms with E-state index in [1.165, 1.54) is 0 Å². The maximum Gasteiger partial charge on any atom is 0.307 e. The van der Waals surface area contributed by atoms with E-state index in [1.807, 2.05) is 6.92 Å². The number of esters is 2. The van der Waals surface area contributed by atoms with Crippen LogP contribution in [-0.2, 0) is 19.1 Å². The molecule has 4 nitrogen and oxygen atoms in total. The molecule has 0 N–H and O–H groups in total. The van der Waals surface area contributed by atoms with Crippen LogP contribution in [0.15, 0.2) is 0 Å². The summed E-state index contributed by atoms with van der Waals surface area (Å²) in [5, 5.41) is 0. The average molecular weight is 268 g/mol. The van der Waals surface area contributed by atoms with E-state index in [0.717, 1.165) is 6.42 Å². The summed E-state index contributed by atoms with van der Waals surface area (Å²) in [5.41, 5.74) is 0. The van der Waals surface area contributed by atoms with Crippen molar-refractivity contribution in [2.24, 2.45) is 5.92 Å². The Balaban J connectivity index is 3.75. The van der Waals surface area contributed by atoms with Gasteiger partial charge < -0.3 is 9.47 Å². The Morgan fingerprint density at radius 1 is 1.05 bits per heavy atom. The van der Waals surface area contributed by atoms with Crippen LogP contribution in [0.25, 0.3) is 0 Å². The molecule has 0 aromatic carbocycles. The Morgan fingerprint density at radius 3 is 2.05 bits per heavy atom. The van der Waals surface area contributed by atoms with E-state index < -0.39 is 6.10 Å². The number of hydrogen-bond donors (Lipinski definition) is 0. The Labute approximate surface area is 115 Å². The second-order valence-electron chi connectivity index (χ2n) is 5.08. The van der Waals surface area contributed by atoms with Crippen LogP contribution in [-0.4, -0.2) is 24.1 Å². The lowest BCUT2D eigenvalue weighted by molar-refractivity contribution is -0.149. The maximum absolute atomic E-state index is 11.5. The normalized spacial score (nSPS) is 13.5. The Hall–Kier alpha value is -1.50. The zero-order chi connectivity index (χ0) is 14.8. The zero-order valence-corrected chi connectivity index (χ0v) is 12.3. The van der Waals surface area contributed by atoms with Gasteiger partial charge in [0.2, 0.25) is 0 Å². The van der Waals surface area contributed by atoms with Gasteiger partial charge in [-0.1, -0.05) is 19.8 Å². The van der Waals surface area contributed by atoms with Crippen LogP contribution < -0.4 is 0 Å². The Kier molecular flexibility index (Phi) is 8.69. The van der Waals surface area contributed by atoms with Crippen molar-refractivity contribution >= 4 is 11.9 Å². The highest BCUT2D eigenvalue weighted by molar-refractivity contribution is 5.72. The molecule has 0 bridgehead atoms. The second-order valence-corrected chi connectivity index (χ2v) is 5.08. The van der Waals surface area contributed by atoms with Crippen LogP contribution in [0, 0.1) is 18.3 Å². The molecule has 0 rings (SSSR count). The first-order valence-electron chi connectivity index (χ1n) is 6.70. The lowest BCUT2D eigenvalue weighted by Gasteiger charge is -2.15. The Morgan fingerprint density at radius 2 is 1.58 bits per heavy atom. The van der Waals surface area contributed by atoms with Crippen molar-refractivity contribution in [1.82, 2.24) is 0 Å². The molecular weight excluding hydrogens is 244 g/mol. The third-order valence-electron chi connectivity index (χ3n) is 2.44. The Bertz CT molecular complexity index is 328. The monoisotopic (exact) mass is 268 g/mol. The smallest absolute Gasteiger partial charge is 0.307 e. The minimum Gasteiger partial charge on any atom is -0.463 e. The fourth-order valence-corrected chi connectivity index (χ4v) is 1.66. The van der Waals surface area contributed by atoms with Crippen LogP contribution in [0.1, 0.15) is 53.4 Å². The highest BCUT2D eigenvalue weighted by Crippen LogP contribution is 2.09. The summed E-state index contributed by atoms with van der Waals surface area (Å²) in [5.74, 6) is 2.14. The van der Waals surface area contributed by atoms with E-state index in [0.29, 0.717) is 12.3 Å². The molecule has 0 aliphatic carbocycles. The van der Waals surface area contributed by atoms with Gasteiger partial charge in [-0.2, -0.15) is 0 Å². The fourth-order valence-electron chi connectivity index (χ4n) is 1.66. The van der Waals surface area contributed by atoms with Crippen LogP contribution >= 0.6 is 0 Å². The fraction of sp³-hybridized carbons (Fsp3) is 0.733. The predicted octanol–water partition coefficient (Wildman–Crippen LogP) is 2.70. The first-order valence-corrected chi connectivity index (χ1v) is 6.70. The zero-order valence-electron chi connectivity index (χ0n) is 12.3. The van der Waals surface area contributed by atoms with Crippen LogP contribution in [0.4, 0.5) is 0 Å². The summed E-state index contributed by atoms with van der Waals surface area (Å²) >= 11 is 0. The first-order chi connectivity index (χ1) is 8.85. The summed E-state index contributed by atoms with van der Waals surface area (Å²) in [7, 11) is 0. The van der Waals surface area contributed by atoms with Crippen molar-refractivity contribution < 1.29 is 19.1 Å². The number of rotatable bonds is 8. The second kappa shape index (κ2) is 9.43. The summed E-state index contributed by atoms with van der Waals surface area (Å²) in [6.45, 7) is 7.65. The summed E-state index contributed by atoms with van der Waals surface area (Å²) in [4.78, 5) is 22.8. The van der Waals surface area contributed by atoms with Gasteiger partial charge in [-0.05, 0) is 32.6 Å². The highest BCUT2D eigenvalue weighted by atomic mass is 16.5. The average Bonchev–Trinajstić information content (AvgIpc) is 2.27. The summed E-state index contributed by atoms with van der Waals surface area (Å²) < 4.78 is 10.1. The van der Waals surface area contributed by atoms with E-state index in [9.17, 15) is 9.59 Å². The van der Waals surface area contributed by atoms with Crippen molar-refractivity contribution in [3.63, 3.8) is 0 Å². The molecular formula is C15H24O4. The van der Waals surface area contributed by atoms with Gasteiger partial charge in [0, 0.05) is 12.8 Å². The maximum atomic E-state index is 11.5. The van der Waals surface area contributed by atoms with E-state index in [-0.39, 0.29) is 30.9 Å². The molecule has 0 aromatic rings. The quantitative estimate of drug-likeness (QED) is 0.501. The van der Waals surface area contributed by atoms with Crippen LogP contribution in [0.3, 0.4) is 0 Å². The molecule has 0 saturated carbocycles. The number of terminal acetylenes is 1. The van der Waals surface area contributed by atoms with E-state index >= 15 is 0 Å². The van der Waals surface area contributed by atoms with Gasteiger partial charge in [0.25, 0.3) is 0 Å². The van der Waals surface area contributed by atoms with Crippen molar-refractivity contribution in [2.45, 2.75) is 65.6 Å².